The first-order valence-electron chi connectivity index (χ1n) is 12.7. The normalized spacial score (nSPS) is 18.7. The van der Waals surface area contributed by atoms with Crippen LogP contribution in [0.1, 0.15) is 29.8 Å². The number of benzene rings is 3. The number of likely N-dealkylation sites (N-methyl/N-ethyl adjacent to an activating group) is 1. The van der Waals surface area contributed by atoms with Crippen LogP contribution in [-0.2, 0) is 11.3 Å². The van der Waals surface area contributed by atoms with Crippen molar-refractivity contribution in [3.63, 3.8) is 0 Å². The number of aliphatic hydroxyl groups is 1. The summed E-state index contributed by atoms with van der Waals surface area (Å²) in [6.45, 7) is 4.78. The number of amides is 3. The van der Waals surface area contributed by atoms with E-state index in [1.807, 2.05) is 92.7 Å². The lowest BCUT2D eigenvalue weighted by molar-refractivity contribution is -0.0178. The second-order valence-electron chi connectivity index (χ2n) is 9.70. The number of urea groups is 1. The van der Waals surface area contributed by atoms with Gasteiger partial charge in [0.05, 0.1) is 25.4 Å². The number of anilines is 1. The molecule has 0 bridgehead atoms. The summed E-state index contributed by atoms with van der Waals surface area (Å²) in [6.07, 6.45) is -0.345. The van der Waals surface area contributed by atoms with E-state index in [2.05, 4.69) is 5.32 Å². The van der Waals surface area contributed by atoms with Crippen molar-refractivity contribution in [2.24, 2.45) is 5.92 Å². The Bertz CT molecular complexity index is 1220. The molecule has 3 amide bonds. The molecule has 0 saturated heterocycles. The Morgan fingerprint density at radius 2 is 1.65 bits per heavy atom. The van der Waals surface area contributed by atoms with Crippen LogP contribution in [-0.4, -0.2) is 65.7 Å². The second-order valence-corrected chi connectivity index (χ2v) is 9.70. The Morgan fingerprint density at radius 1 is 1.03 bits per heavy atom. The number of carbonyl (C=O) groups excluding carboxylic acids is 2. The number of aliphatic hydroxyl groups excluding tert-OH is 1. The van der Waals surface area contributed by atoms with E-state index in [0.29, 0.717) is 25.3 Å². The molecule has 1 aliphatic rings. The van der Waals surface area contributed by atoms with Gasteiger partial charge < -0.3 is 25.0 Å². The first-order chi connectivity index (χ1) is 17.9. The highest BCUT2D eigenvalue weighted by Crippen LogP contribution is 2.31. The van der Waals surface area contributed by atoms with E-state index in [-0.39, 0.29) is 36.6 Å². The highest BCUT2D eigenvalue weighted by atomic mass is 16.5. The van der Waals surface area contributed by atoms with Gasteiger partial charge in [0.15, 0.2) is 0 Å². The number of nitrogens with one attached hydrogen (secondary N) is 1. The average Bonchev–Trinajstić information content (AvgIpc) is 2.94. The van der Waals surface area contributed by atoms with Gasteiger partial charge in [0.2, 0.25) is 0 Å². The molecular weight excluding hydrogens is 466 g/mol. The van der Waals surface area contributed by atoms with Gasteiger partial charge in [-0.15, -0.1) is 0 Å². The second kappa shape index (κ2) is 12.0. The van der Waals surface area contributed by atoms with Gasteiger partial charge in [-0.3, -0.25) is 4.79 Å². The van der Waals surface area contributed by atoms with E-state index in [4.69, 9.17) is 4.74 Å². The molecule has 0 radical (unpaired) electrons. The van der Waals surface area contributed by atoms with Gasteiger partial charge in [-0.25, -0.2) is 4.79 Å². The van der Waals surface area contributed by atoms with Gasteiger partial charge in [-0.2, -0.15) is 0 Å². The standard InChI is InChI=1S/C30H35N3O4/c1-21-17-33(22(2)19-34)29(35)27-16-10-9-15-26(27)25-14-8-7-11-23(25)20-37-28(21)18-32(3)30(36)31-24-12-5-4-6-13-24/h4-16,21-22,28,34H,17-20H2,1-3H3,(H,31,36)/t21-,22+,28-/m1/s1. The zero-order chi connectivity index (χ0) is 26.4. The molecule has 0 fully saturated rings. The third-order valence-electron chi connectivity index (χ3n) is 6.92. The minimum absolute atomic E-state index is 0.109. The first-order valence-corrected chi connectivity index (χ1v) is 12.7. The Labute approximate surface area is 218 Å². The molecule has 3 atom stereocenters. The maximum Gasteiger partial charge on any atom is 0.321 e. The number of hydrogen-bond donors (Lipinski definition) is 2. The van der Waals surface area contributed by atoms with E-state index in [0.717, 1.165) is 22.4 Å². The van der Waals surface area contributed by atoms with Gasteiger partial charge in [-0.1, -0.05) is 67.6 Å². The van der Waals surface area contributed by atoms with Gasteiger partial charge in [0.1, 0.15) is 0 Å². The van der Waals surface area contributed by atoms with Gasteiger partial charge in [-0.05, 0) is 41.8 Å². The van der Waals surface area contributed by atoms with Crippen molar-refractivity contribution < 1.29 is 19.4 Å². The predicted molar refractivity (Wildman–Crippen MR) is 145 cm³/mol. The Morgan fingerprint density at radius 3 is 2.35 bits per heavy atom. The largest absolute Gasteiger partial charge is 0.394 e. The average molecular weight is 502 g/mol. The fourth-order valence-electron chi connectivity index (χ4n) is 4.64. The number of nitrogens with zero attached hydrogens (tertiary/aromatic N) is 2. The van der Waals surface area contributed by atoms with Crippen LogP contribution >= 0.6 is 0 Å². The van der Waals surface area contributed by atoms with Crippen molar-refractivity contribution in [2.45, 2.75) is 32.6 Å². The van der Waals surface area contributed by atoms with Crippen molar-refractivity contribution in [3.05, 3.63) is 90.0 Å². The molecule has 0 aromatic heterocycles. The van der Waals surface area contributed by atoms with Gasteiger partial charge in [0, 0.05) is 37.3 Å². The number of fused-ring (bicyclic) bond motifs is 3. The van der Waals surface area contributed by atoms with E-state index in [1.54, 1.807) is 16.8 Å². The fourth-order valence-corrected chi connectivity index (χ4v) is 4.64. The van der Waals surface area contributed by atoms with Crippen molar-refractivity contribution in [1.29, 1.82) is 0 Å². The molecule has 1 heterocycles. The monoisotopic (exact) mass is 501 g/mol. The summed E-state index contributed by atoms with van der Waals surface area (Å²) in [6, 6.07) is 24.2. The van der Waals surface area contributed by atoms with Crippen LogP contribution in [0.2, 0.25) is 0 Å². The maximum atomic E-state index is 13.9. The Balaban J connectivity index is 1.66. The molecule has 4 rings (SSSR count). The molecule has 0 saturated carbocycles. The Kier molecular flexibility index (Phi) is 8.58. The third kappa shape index (κ3) is 6.18. The third-order valence-corrected chi connectivity index (χ3v) is 6.92. The van der Waals surface area contributed by atoms with Crippen LogP contribution in [0.15, 0.2) is 78.9 Å². The molecular formula is C30H35N3O4. The lowest BCUT2D eigenvalue weighted by atomic mass is 9.94. The van der Waals surface area contributed by atoms with E-state index in [9.17, 15) is 14.7 Å². The highest BCUT2D eigenvalue weighted by Gasteiger charge is 2.31. The zero-order valence-electron chi connectivity index (χ0n) is 21.6. The summed E-state index contributed by atoms with van der Waals surface area (Å²) in [7, 11) is 1.74. The van der Waals surface area contributed by atoms with Crippen LogP contribution in [0.3, 0.4) is 0 Å². The van der Waals surface area contributed by atoms with Crippen LogP contribution in [0.5, 0.6) is 0 Å². The molecule has 0 aliphatic carbocycles. The smallest absolute Gasteiger partial charge is 0.321 e. The molecule has 37 heavy (non-hydrogen) atoms. The van der Waals surface area contributed by atoms with Crippen molar-refractivity contribution >= 4 is 17.6 Å². The van der Waals surface area contributed by atoms with Crippen molar-refractivity contribution in [3.8, 4) is 11.1 Å². The van der Waals surface area contributed by atoms with Gasteiger partial charge in [0.25, 0.3) is 5.91 Å². The minimum atomic E-state index is -0.376. The number of ether oxygens (including phenoxy) is 1. The number of carbonyl (C=O) groups is 2. The molecule has 1 aliphatic heterocycles. The zero-order valence-corrected chi connectivity index (χ0v) is 21.6. The highest BCUT2D eigenvalue weighted by molar-refractivity contribution is 6.01. The summed E-state index contributed by atoms with van der Waals surface area (Å²) < 4.78 is 6.47. The quantitative estimate of drug-likeness (QED) is 0.522. The molecule has 0 spiro atoms. The predicted octanol–water partition coefficient (Wildman–Crippen LogP) is 4.88. The lowest BCUT2D eigenvalue weighted by Crippen LogP contribution is -2.48. The van der Waals surface area contributed by atoms with E-state index >= 15 is 0 Å². The molecule has 194 valence electrons. The molecule has 0 unspecified atom stereocenters. The van der Waals surface area contributed by atoms with Crippen molar-refractivity contribution in [1.82, 2.24) is 9.80 Å². The molecule has 7 nitrogen and oxygen atoms in total. The van der Waals surface area contributed by atoms with Crippen LogP contribution in [0.25, 0.3) is 11.1 Å². The molecule has 7 heteroatoms. The number of hydrogen-bond acceptors (Lipinski definition) is 4. The van der Waals surface area contributed by atoms with Crippen LogP contribution < -0.4 is 5.32 Å². The van der Waals surface area contributed by atoms with Crippen LogP contribution in [0.4, 0.5) is 10.5 Å². The Hall–Kier alpha value is -3.68. The van der Waals surface area contributed by atoms with Crippen molar-refractivity contribution in [2.75, 3.05) is 32.1 Å². The lowest BCUT2D eigenvalue weighted by Gasteiger charge is -2.35. The summed E-state index contributed by atoms with van der Waals surface area (Å²) in [5, 5.41) is 12.9. The van der Waals surface area contributed by atoms with Crippen LogP contribution in [0, 0.1) is 5.92 Å². The fraction of sp³-hybridized carbons (Fsp3) is 0.333. The van der Waals surface area contributed by atoms with E-state index < -0.39 is 0 Å². The number of para-hydroxylation sites is 1. The van der Waals surface area contributed by atoms with Gasteiger partial charge >= 0.3 is 6.03 Å². The summed E-state index contributed by atoms with van der Waals surface area (Å²) >= 11 is 0. The summed E-state index contributed by atoms with van der Waals surface area (Å²) in [5.74, 6) is -0.239. The topological polar surface area (TPSA) is 82.1 Å². The molecule has 2 N–H and O–H groups in total. The first kappa shape index (κ1) is 26.4. The summed E-state index contributed by atoms with van der Waals surface area (Å²) in [5.41, 5.74) is 4.06. The number of rotatable bonds is 5. The van der Waals surface area contributed by atoms with E-state index in [1.165, 1.54) is 0 Å². The summed E-state index contributed by atoms with van der Waals surface area (Å²) in [4.78, 5) is 30.1. The minimum Gasteiger partial charge on any atom is -0.394 e. The molecule has 3 aromatic carbocycles. The maximum absolute atomic E-state index is 13.9. The molecule has 3 aromatic rings. The SMILES string of the molecule is C[C@@H]1CN([C@@H](C)CO)C(=O)c2ccccc2-c2ccccc2CO[C@@H]1CN(C)C(=O)Nc1ccccc1.